The van der Waals surface area contributed by atoms with E-state index in [0.717, 1.165) is 0 Å². The predicted molar refractivity (Wildman–Crippen MR) is 150 cm³/mol. The number of hydrogen-bond acceptors (Lipinski definition) is 11. The number of nitrogens with zero attached hydrogens (tertiary/aromatic N) is 9. The van der Waals surface area contributed by atoms with E-state index in [9.17, 15) is 20.2 Å². The Kier molecular flexibility index (Phi) is 7.35. The quantitative estimate of drug-likeness (QED) is 0.136. The number of aromatic nitrogens is 6. The van der Waals surface area contributed by atoms with Gasteiger partial charge in [0.05, 0.1) is 33.3 Å². The number of terminal acetylenes is 1. The Balaban J connectivity index is 1.61. The second-order valence-electron chi connectivity index (χ2n) is 9.02. The summed E-state index contributed by atoms with van der Waals surface area (Å²) in [6.45, 7) is 0.118. The summed E-state index contributed by atoms with van der Waals surface area (Å²) in [6.07, 6.45) is 9.87. The van der Waals surface area contributed by atoms with Gasteiger partial charge in [-0.25, -0.2) is 19.1 Å². The number of ether oxygens (including phenoxy) is 2. The molecule has 0 aliphatic carbocycles. The third-order valence-electron chi connectivity index (χ3n) is 6.62. The van der Waals surface area contributed by atoms with Crippen molar-refractivity contribution in [1.82, 2.24) is 29.1 Å². The molecule has 0 unspecified atom stereocenters. The van der Waals surface area contributed by atoms with Crippen LogP contribution in [-0.4, -0.2) is 46.0 Å². The van der Waals surface area contributed by atoms with E-state index >= 15 is 0 Å². The molecule has 0 atom stereocenters. The highest BCUT2D eigenvalue weighted by atomic mass is 16.6. The van der Waals surface area contributed by atoms with Crippen molar-refractivity contribution in [1.29, 1.82) is 0 Å². The maximum Gasteiger partial charge on any atom is 0.434 e. The van der Waals surface area contributed by atoms with Gasteiger partial charge in [0.15, 0.2) is 17.2 Å². The summed E-state index contributed by atoms with van der Waals surface area (Å²) in [5.74, 6) is 3.19. The Morgan fingerprint density at radius 1 is 0.952 bits per heavy atom. The first-order valence-corrected chi connectivity index (χ1v) is 12.3. The van der Waals surface area contributed by atoms with Crippen molar-refractivity contribution in [3.63, 3.8) is 0 Å². The van der Waals surface area contributed by atoms with Crippen molar-refractivity contribution in [3.8, 4) is 23.8 Å². The Morgan fingerprint density at radius 2 is 1.64 bits per heavy atom. The third kappa shape index (κ3) is 5.11. The van der Waals surface area contributed by atoms with Crippen molar-refractivity contribution in [2.45, 2.75) is 13.2 Å². The minimum Gasteiger partial charge on any atom is -0.493 e. The zero-order valence-electron chi connectivity index (χ0n) is 22.7. The fourth-order valence-corrected chi connectivity index (χ4v) is 4.39. The van der Waals surface area contributed by atoms with Crippen LogP contribution in [0.2, 0.25) is 0 Å². The first-order chi connectivity index (χ1) is 20.2. The van der Waals surface area contributed by atoms with Crippen LogP contribution in [0.25, 0.3) is 10.9 Å². The minimum atomic E-state index is -0.579. The van der Waals surface area contributed by atoms with Gasteiger partial charge in [0.1, 0.15) is 36.8 Å². The number of nitro groups is 2. The molecule has 5 aromatic rings. The lowest BCUT2D eigenvalue weighted by Crippen LogP contribution is -2.20. The summed E-state index contributed by atoms with van der Waals surface area (Å²) in [5, 5.41) is 23.2. The molecule has 5 rings (SSSR count). The Bertz CT molecular complexity index is 1870. The smallest absolute Gasteiger partial charge is 0.434 e. The number of methoxy groups -OCH3 is 1. The SMILES string of the molecule is C#Cc1cccc(N(Cc2cnc([N+](=O)[O-])n2C)c2ncnc3cc(OC)c(OCc4cnc([N+](=O)[O-])n4C)cc23)c1. The van der Waals surface area contributed by atoms with Crippen molar-refractivity contribution >= 4 is 34.3 Å². The van der Waals surface area contributed by atoms with Crippen molar-refractivity contribution in [2.24, 2.45) is 14.1 Å². The number of anilines is 2. The number of benzene rings is 2. The van der Waals surface area contributed by atoms with Crippen molar-refractivity contribution < 1.29 is 19.3 Å². The van der Waals surface area contributed by atoms with Crippen LogP contribution in [0.5, 0.6) is 11.5 Å². The maximum atomic E-state index is 11.4. The topological polar surface area (TPSA) is 169 Å². The summed E-state index contributed by atoms with van der Waals surface area (Å²) < 4.78 is 14.3. The van der Waals surface area contributed by atoms with Gasteiger partial charge in [0.2, 0.25) is 0 Å². The predicted octanol–water partition coefficient (Wildman–Crippen LogP) is 3.82. The van der Waals surface area contributed by atoms with E-state index in [2.05, 4.69) is 25.9 Å². The summed E-state index contributed by atoms with van der Waals surface area (Å²) in [6, 6.07) is 10.6. The summed E-state index contributed by atoms with van der Waals surface area (Å²) in [4.78, 5) is 40.1. The molecule has 0 saturated heterocycles. The van der Waals surface area contributed by atoms with Crippen molar-refractivity contribution in [3.05, 3.63) is 92.3 Å². The molecular formula is C27H23N9O6. The largest absolute Gasteiger partial charge is 0.493 e. The molecule has 0 aliphatic rings. The number of rotatable bonds is 10. The van der Waals surface area contributed by atoms with Crippen LogP contribution in [0.15, 0.2) is 55.1 Å². The van der Waals surface area contributed by atoms with E-state index in [-0.39, 0.29) is 25.0 Å². The molecule has 42 heavy (non-hydrogen) atoms. The fourth-order valence-electron chi connectivity index (χ4n) is 4.39. The van der Waals surface area contributed by atoms with E-state index in [1.807, 2.05) is 11.0 Å². The molecule has 3 heterocycles. The fraction of sp³-hybridized carbons (Fsp3) is 0.185. The minimum absolute atomic E-state index is 0.0329. The number of hydrogen-bond donors (Lipinski definition) is 0. The Labute approximate surface area is 238 Å². The highest BCUT2D eigenvalue weighted by molar-refractivity contribution is 5.93. The number of fused-ring (bicyclic) bond motifs is 1. The van der Waals surface area contributed by atoms with Gasteiger partial charge in [-0.3, -0.25) is 0 Å². The standard InChI is InChI=1S/C27H23N9O6/c1-5-17-7-6-8-18(9-17)34(14-19-12-28-26(32(19)2)35(37)38)25-21-10-24(23(41-4)11-22(21)30-16-31-25)42-15-20-13-29-27(33(20)3)36(39)40/h1,6-13,16H,14-15H2,2-4H3. The monoisotopic (exact) mass is 569 g/mol. The van der Waals surface area contributed by atoms with Gasteiger partial charge in [-0.05, 0) is 34.1 Å². The second kappa shape index (κ2) is 11.2. The van der Waals surface area contributed by atoms with Gasteiger partial charge in [-0.15, -0.1) is 6.42 Å². The number of imidazole rings is 2. The molecule has 2 aromatic carbocycles. The van der Waals surface area contributed by atoms with Gasteiger partial charge in [0, 0.05) is 22.7 Å². The van der Waals surface area contributed by atoms with Crippen molar-refractivity contribution in [2.75, 3.05) is 12.0 Å². The average molecular weight is 570 g/mol. The summed E-state index contributed by atoms with van der Waals surface area (Å²) >= 11 is 0. The molecule has 15 nitrogen and oxygen atoms in total. The van der Waals surface area contributed by atoms with E-state index in [1.165, 1.54) is 42.0 Å². The second-order valence-corrected chi connectivity index (χ2v) is 9.02. The van der Waals surface area contributed by atoms with Crippen LogP contribution in [0.3, 0.4) is 0 Å². The molecule has 0 radical (unpaired) electrons. The van der Waals surface area contributed by atoms with E-state index in [4.69, 9.17) is 15.9 Å². The summed E-state index contributed by atoms with van der Waals surface area (Å²) in [7, 11) is 4.57. The molecule has 0 saturated carbocycles. The van der Waals surface area contributed by atoms with Gasteiger partial charge < -0.3 is 34.6 Å². The molecule has 0 N–H and O–H groups in total. The van der Waals surface area contributed by atoms with Crippen LogP contribution < -0.4 is 14.4 Å². The normalized spacial score (nSPS) is 10.8. The molecule has 0 spiro atoms. The van der Waals surface area contributed by atoms with Gasteiger partial charge in [0.25, 0.3) is 0 Å². The van der Waals surface area contributed by atoms with Crippen LogP contribution in [0.4, 0.5) is 23.4 Å². The lowest BCUT2D eigenvalue weighted by Gasteiger charge is -2.25. The van der Waals surface area contributed by atoms with Gasteiger partial charge in [-0.1, -0.05) is 22.0 Å². The van der Waals surface area contributed by atoms with Crippen LogP contribution in [0, 0.1) is 32.6 Å². The van der Waals surface area contributed by atoms with Crippen LogP contribution >= 0.6 is 0 Å². The summed E-state index contributed by atoms with van der Waals surface area (Å²) in [5.41, 5.74) is 2.85. The molecule has 0 bridgehead atoms. The Hall–Kier alpha value is -6.04. The Morgan fingerprint density at radius 3 is 2.29 bits per heavy atom. The average Bonchev–Trinajstić information content (AvgIpc) is 3.55. The molecule has 212 valence electrons. The molecule has 3 aromatic heterocycles. The highest BCUT2D eigenvalue weighted by Crippen LogP contribution is 2.38. The van der Waals surface area contributed by atoms with Gasteiger partial charge in [-0.2, -0.15) is 0 Å². The highest BCUT2D eigenvalue weighted by Gasteiger charge is 2.24. The first-order valence-electron chi connectivity index (χ1n) is 12.3. The third-order valence-corrected chi connectivity index (χ3v) is 6.62. The molecule has 15 heteroatoms. The van der Waals surface area contributed by atoms with E-state index < -0.39 is 9.85 Å². The van der Waals surface area contributed by atoms with E-state index in [1.54, 1.807) is 37.4 Å². The molecular weight excluding hydrogens is 546 g/mol. The van der Waals surface area contributed by atoms with Crippen LogP contribution in [-0.2, 0) is 27.2 Å². The zero-order valence-corrected chi connectivity index (χ0v) is 22.7. The molecule has 0 amide bonds. The zero-order chi connectivity index (χ0) is 30.0. The lowest BCUT2D eigenvalue weighted by atomic mass is 10.1. The molecule has 0 aliphatic heterocycles. The maximum absolute atomic E-state index is 11.4. The molecule has 0 fully saturated rings. The van der Waals surface area contributed by atoms with Crippen LogP contribution in [0.1, 0.15) is 17.0 Å². The van der Waals surface area contributed by atoms with Gasteiger partial charge >= 0.3 is 11.9 Å². The lowest BCUT2D eigenvalue weighted by molar-refractivity contribution is -0.396. The van der Waals surface area contributed by atoms with E-state index in [0.29, 0.717) is 50.9 Å². The first kappa shape index (κ1) is 27.5.